The maximum atomic E-state index is 11.4. The Morgan fingerprint density at radius 3 is 2.37 bits per heavy atom. The number of sulfone groups is 1. The highest BCUT2D eigenvalue weighted by Crippen LogP contribution is 2.20. The van der Waals surface area contributed by atoms with Crippen LogP contribution in [-0.4, -0.2) is 34.9 Å². The van der Waals surface area contributed by atoms with Gasteiger partial charge in [-0.3, -0.25) is 0 Å². The SMILES string of the molecule is CCNC(CCCOC)c1ccc(S(C)(=O)=O)cc1. The van der Waals surface area contributed by atoms with E-state index in [0.29, 0.717) is 4.90 Å². The molecular weight excluding hydrogens is 262 g/mol. The molecule has 1 aromatic rings. The molecule has 0 heterocycles. The Kier molecular flexibility index (Phi) is 6.48. The van der Waals surface area contributed by atoms with Crippen molar-refractivity contribution in [1.82, 2.24) is 5.32 Å². The summed E-state index contributed by atoms with van der Waals surface area (Å²) in [7, 11) is -1.42. The number of ether oxygens (including phenoxy) is 1. The molecule has 1 unspecified atom stereocenters. The Labute approximate surface area is 116 Å². The summed E-state index contributed by atoms with van der Waals surface area (Å²) in [6.07, 6.45) is 3.17. The topological polar surface area (TPSA) is 55.4 Å². The van der Waals surface area contributed by atoms with Crippen molar-refractivity contribution in [2.75, 3.05) is 26.5 Å². The van der Waals surface area contributed by atoms with Crippen molar-refractivity contribution in [3.8, 4) is 0 Å². The molecule has 0 amide bonds. The number of nitrogens with one attached hydrogen (secondary N) is 1. The van der Waals surface area contributed by atoms with Gasteiger partial charge >= 0.3 is 0 Å². The first kappa shape index (κ1) is 16.1. The van der Waals surface area contributed by atoms with E-state index in [0.717, 1.165) is 31.6 Å². The number of benzene rings is 1. The lowest BCUT2D eigenvalue weighted by Crippen LogP contribution is -2.21. The van der Waals surface area contributed by atoms with Gasteiger partial charge in [0.1, 0.15) is 0 Å². The molecule has 1 atom stereocenters. The molecule has 0 aliphatic heterocycles. The molecule has 1 N–H and O–H groups in total. The maximum Gasteiger partial charge on any atom is 0.175 e. The lowest BCUT2D eigenvalue weighted by atomic mass is 10.0. The van der Waals surface area contributed by atoms with Crippen LogP contribution in [0.15, 0.2) is 29.2 Å². The van der Waals surface area contributed by atoms with Crippen LogP contribution >= 0.6 is 0 Å². The molecule has 4 nitrogen and oxygen atoms in total. The Hall–Kier alpha value is -0.910. The number of methoxy groups -OCH3 is 1. The fraction of sp³-hybridized carbons (Fsp3) is 0.571. The summed E-state index contributed by atoms with van der Waals surface area (Å²) < 4.78 is 27.9. The second kappa shape index (κ2) is 7.62. The second-order valence-electron chi connectivity index (χ2n) is 4.59. The third kappa shape index (κ3) is 5.30. The van der Waals surface area contributed by atoms with Gasteiger partial charge in [0, 0.05) is 26.0 Å². The van der Waals surface area contributed by atoms with E-state index in [1.807, 2.05) is 12.1 Å². The molecule has 0 aromatic heterocycles. The van der Waals surface area contributed by atoms with E-state index in [-0.39, 0.29) is 6.04 Å². The van der Waals surface area contributed by atoms with Gasteiger partial charge in [0.25, 0.3) is 0 Å². The Bertz CT molecular complexity index is 468. The van der Waals surface area contributed by atoms with E-state index < -0.39 is 9.84 Å². The molecule has 19 heavy (non-hydrogen) atoms. The smallest absolute Gasteiger partial charge is 0.175 e. The van der Waals surface area contributed by atoms with Crippen molar-refractivity contribution in [3.05, 3.63) is 29.8 Å². The summed E-state index contributed by atoms with van der Waals surface area (Å²) in [5.74, 6) is 0. The number of hydrogen-bond acceptors (Lipinski definition) is 4. The molecule has 0 aliphatic rings. The van der Waals surface area contributed by atoms with Gasteiger partial charge in [0.2, 0.25) is 0 Å². The molecule has 0 radical (unpaired) electrons. The first-order chi connectivity index (χ1) is 8.99. The highest BCUT2D eigenvalue weighted by molar-refractivity contribution is 7.90. The lowest BCUT2D eigenvalue weighted by molar-refractivity contribution is 0.189. The zero-order chi connectivity index (χ0) is 14.3. The van der Waals surface area contributed by atoms with Crippen LogP contribution in [0, 0.1) is 0 Å². The predicted octanol–water partition coefficient (Wildman–Crippen LogP) is 2.17. The van der Waals surface area contributed by atoms with Crippen LogP contribution in [0.3, 0.4) is 0 Å². The fourth-order valence-electron chi connectivity index (χ4n) is 2.01. The van der Waals surface area contributed by atoms with Gasteiger partial charge in [-0.15, -0.1) is 0 Å². The molecule has 0 spiro atoms. The first-order valence-corrected chi connectivity index (χ1v) is 8.40. The second-order valence-corrected chi connectivity index (χ2v) is 6.60. The molecule has 1 rings (SSSR count). The highest BCUT2D eigenvalue weighted by Gasteiger charge is 2.12. The summed E-state index contributed by atoms with van der Waals surface area (Å²) in [5.41, 5.74) is 1.12. The summed E-state index contributed by atoms with van der Waals surface area (Å²) in [6.45, 7) is 3.68. The van der Waals surface area contributed by atoms with Crippen molar-refractivity contribution < 1.29 is 13.2 Å². The van der Waals surface area contributed by atoms with E-state index in [9.17, 15) is 8.42 Å². The van der Waals surface area contributed by atoms with Gasteiger partial charge in [0.15, 0.2) is 9.84 Å². The zero-order valence-corrected chi connectivity index (χ0v) is 12.7. The molecular formula is C14H23NO3S. The first-order valence-electron chi connectivity index (χ1n) is 6.51. The van der Waals surface area contributed by atoms with Crippen LogP contribution < -0.4 is 5.32 Å². The van der Waals surface area contributed by atoms with Gasteiger partial charge in [0.05, 0.1) is 4.90 Å². The minimum absolute atomic E-state index is 0.244. The normalized spacial score (nSPS) is 13.4. The van der Waals surface area contributed by atoms with Crippen molar-refractivity contribution >= 4 is 9.84 Å². The van der Waals surface area contributed by atoms with Crippen LogP contribution in [0.4, 0.5) is 0 Å². The lowest BCUT2D eigenvalue weighted by Gasteiger charge is -2.18. The van der Waals surface area contributed by atoms with Crippen molar-refractivity contribution in [2.24, 2.45) is 0 Å². The summed E-state index contributed by atoms with van der Waals surface area (Å²) in [4.78, 5) is 0.364. The molecule has 0 bridgehead atoms. The van der Waals surface area contributed by atoms with Crippen LogP contribution in [0.25, 0.3) is 0 Å². The minimum atomic E-state index is -3.12. The third-order valence-corrected chi connectivity index (χ3v) is 4.13. The van der Waals surface area contributed by atoms with E-state index in [1.165, 1.54) is 6.26 Å². The average Bonchev–Trinajstić information content (AvgIpc) is 2.37. The van der Waals surface area contributed by atoms with Crippen LogP contribution in [0.5, 0.6) is 0 Å². The maximum absolute atomic E-state index is 11.4. The third-order valence-electron chi connectivity index (χ3n) is 3.00. The molecule has 0 aliphatic carbocycles. The largest absolute Gasteiger partial charge is 0.385 e. The fourth-order valence-corrected chi connectivity index (χ4v) is 2.64. The van der Waals surface area contributed by atoms with Crippen molar-refractivity contribution in [3.63, 3.8) is 0 Å². The van der Waals surface area contributed by atoms with E-state index >= 15 is 0 Å². The van der Waals surface area contributed by atoms with E-state index in [4.69, 9.17) is 4.74 Å². The molecule has 0 saturated carbocycles. The van der Waals surface area contributed by atoms with Crippen molar-refractivity contribution in [1.29, 1.82) is 0 Å². The monoisotopic (exact) mass is 285 g/mol. The van der Waals surface area contributed by atoms with Gasteiger partial charge in [-0.1, -0.05) is 19.1 Å². The number of rotatable bonds is 8. The predicted molar refractivity (Wildman–Crippen MR) is 77.1 cm³/mol. The van der Waals surface area contributed by atoms with Gasteiger partial charge < -0.3 is 10.1 Å². The zero-order valence-electron chi connectivity index (χ0n) is 11.8. The van der Waals surface area contributed by atoms with Crippen LogP contribution in [-0.2, 0) is 14.6 Å². The Morgan fingerprint density at radius 2 is 1.89 bits per heavy atom. The summed E-state index contributed by atoms with van der Waals surface area (Å²) in [6, 6.07) is 7.36. The minimum Gasteiger partial charge on any atom is -0.385 e. The van der Waals surface area contributed by atoms with Crippen LogP contribution in [0.2, 0.25) is 0 Å². The number of hydrogen-bond donors (Lipinski definition) is 1. The van der Waals surface area contributed by atoms with E-state index in [2.05, 4.69) is 12.2 Å². The summed E-state index contributed by atoms with van der Waals surface area (Å²) in [5, 5.41) is 3.41. The molecule has 1 aromatic carbocycles. The Balaban J connectivity index is 2.79. The molecule has 5 heteroatoms. The van der Waals surface area contributed by atoms with E-state index in [1.54, 1.807) is 19.2 Å². The van der Waals surface area contributed by atoms with Gasteiger partial charge in [-0.25, -0.2) is 8.42 Å². The van der Waals surface area contributed by atoms with Crippen LogP contribution in [0.1, 0.15) is 31.4 Å². The van der Waals surface area contributed by atoms with Crippen molar-refractivity contribution in [2.45, 2.75) is 30.7 Å². The molecule has 0 saturated heterocycles. The Morgan fingerprint density at radius 1 is 1.26 bits per heavy atom. The molecule has 0 fully saturated rings. The molecule has 108 valence electrons. The standard InChI is InChI=1S/C14H23NO3S/c1-4-15-14(6-5-11-18-2)12-7-9-13(10-8-12)19(3,16)17/h7-10,14-15H,4-6,11H2,1-3H3. The summed E-state index contributed by atoms with van der Waals surface area (Å²) >= 11 is 0. The highest BCUT2D eigenvalue weighted by atomic mass is 32.2. The van der Waals surface area contributed by atoms with Gasteiger partial charge in [-0.05, 0) is 37.1 Å². The quantitative estimate of drug-likeness (QED) is 0.744. The average molecular weight is 285 g/mol. The van der Waals surface area contributed by atoms with Gasteiger partial charge in [-0.2, -0.15) is 0 Å².